The van der Waals surface area contributed by atoms with Crippen LogP contribution in [0.1, 0.15) is 65.7 Å². The molecule has 6 nitrogen and oxygen atoms in total. The lowest BCUT2D eigenvalue weighted by Crippen LogP contribution is -2.46. The lowest BCUT2D eigenvalue weighted by atomic mass is 9.89. The molecule has 1 saturated heterocycles. The lowest BCUT2D eigenvalue weighted by Gasteiger charge is -2.32. The van der Waals surface area contributed by atoms with Crippen LogP contribution in [0, 0.1) is 11.8 Å². The van der Waals surface area contributed by atoms with Crippen LogP contribution in [0.5, 0.6) is 0 Å². The van der Waals surface area contributed by atoms with Crippen LogP contribution in [-0.4, -0.2) is 42.3 Å². The Morgan fingerprint density at radius 3 is 2.53 bits per heavy atom. The predicted octanol–water partition coefficient (Wildman–Crippen LogP) is 5.14. The van der Waals surface area contributed by atoms with E-state index in [4.69, 9.17) is 11.6 Å². The van der Waals surface area contributed by atoms with Gasteiger partial charge in [0.05, 0.1) is 16.5 Å². The molecule has 1 aliphatic carbocycles. The number of amides is 3. The van der Waals surface area contributed by atoms with Gasteiger partial charge in [0.1, 0.15) is 0 Å². The minimum absolute atomic E-state index is 0.0591. The first-order valence-electron chi connectivity index (χ1n) is 12.2. The molecule has 2 aromatic carbocycles. The molecule has 1 atom stereocenters. The van der Waals surface area contributed by atoms with Gasteiger partial charge in [-0.05, 0) is 61.9 Å². The number of carbonyl (C=O) groups is 3. The van der Waals surface area contributed by atoms with E-state index in [0.29, 0.717) is 40.8 Å². The first-order valence-corrected chi connectivity index (χ1v) is 12.6. The standard InChI is InChI=1S/C27H32ClN3O3/c28-24-14-5-4-13-23(24)26(33)30-22-12-6-10-20(16-22)27(34)31-15-7-11-21(18-31)25(32)29-17-19-8-2-1-3-9-19/h4-6,10,12-14,16,19,21H,1-3,7-9,11,15,17-18H2,(H,29,32)(H,30,33)/t21-/m0/s1. The van der Waals surface area contributed by atoms with Crippen LogP contribution in [0.15, 0.2) is 48.5 Å². The predicted molar refractivity (Wildman–Crippen MR) is 134 cm³/mol. The van der Waals surface area contributed by atoms with Crippen LogP contribution in [0.25, 0.3) is 0 Å². The maximum atomic E-state index is 13.2. The summed E-state index contributed by atoms with van der Waals surface area (Å²) in [5.41, 5.74) is 1.38. The molecule has 0 unspecified atom stereocenters. The molecular weight excluding hydrogens is 450 g/mol. The molecule has 0 spiro atoms. The highest BCUT2D eigenvalue weighted by atomic mass is 35.5. The molecule has 0 aromatic heterocycles. The summed E-state index contributed by atoms with van der Waals surface area (Å²) in [6.07, 6.45) is 7.80. The monoisotopic (exact) mass is 481 g/mol. The van der Waals surface area contributed by atoms with Crippen molar-refractivity contribution in [2.75, 3.05) is 25.0 Å². The third-order valence-electron chi connectivity index (χ3n) is 6.85. The van der Waals surface area contributed by atoms with Gasteiger partial charge < -0.3 is 15.5 Å². The van der Waals surface area contributed by atoms with E-state index >= 15 is 0 Å². The van der Waals surface area contributed by atoms with Crippen LogP contribution in [-0.2, 0) is 4.79 Å². The Kier molecular flexibility index (Phi) is 8.22. The van der Waals surface area contributed by atoms with E-state index in [1.54, 1.807) is 53.4 Å². The van der Waals surface area contributed by atoms with Gasteiger partial charge in [-0.3, -0.25) is 14.4 Å². The molecular formula is C27H32ClN3O3. The summed E-state index contributed by atoms with van der Waals surface area (Å²) in [6, 6.07) is 13.7. The van der Waals surface area contributed by atoms with Crippen molar-refractivity contribution in [2.24, 2.45) is 11.8 Å². The topological polar surface area (TPSA) is 78.5 Å². The van der Waals surface area contributed by atoms with Crippen molar-refractivity contribution in [1.29, 1.82) is 0 Å². The van der Waals surface area contributed by atoms with Crippen molar-refractivity contribution in [3.05, 3.63) is 64.7 Å². The number of benzene rings is 2. The van der Waals surface area contributed by atoms with Crippen LogP contribution >= 0.6 is 11.6 Å². The molecule has 34 heavy (non-hydrogen) atoms. The highest BCUT2D eigenvalue weighted by Gasteiger charge is 2.29. The van der Waals surface area contributed by atoms with Crippen molar-refractivity contribution in [3.8, 4) is 0 Å². The van der Waals surface area contributed by atoms with Crippen molar-refractivity contribution >= 4 is 35.0 Å². The molecule has 4 rings (SSSR count). The maximum absolute atomic E-state index is 13.2. The number of hydrogen-bond acceptors (Lipinski definition) is 3. The molecule has 7 heteroatoms. The summed E-state index contributed by atoms with van der Waals surface area (Å²) >= 11 is 6.12. The third kappa shape index (κ3) is 6.17. The summed E-state index contributed by atoms with van der Waals surface area (Å²) in [5.74, 6) is 0.0115. The van der Waals surface area contributed by atoms with Gasteiger partial charge in [-0.25, -0.2) is 0 Å². The zero-order valence-corrected chi connectivity index (χ0v) is 20.2. The van der Waals surface area contributed by atoms with Crippen LogP contribution < -0.4 is 10.6 Å². The lowest BCUT2D eigenvalue weighted by molar-refractivity contribution is -0.126. The first-order chi connectivity index (χ1) is 16.5. The fourth-order valence-corrected chi connectivity index (χ4v) is 5.13. The Hall–Kier alpha value is -2.86. The van der Waals surface area contributed by atoms with Crippen molar-refractivity contribution < 1.29 is 14.4 Å². The average molecular weight is 482 g/mol. The summed E-state index contributed by atoms with van der Waals surface area (Å²) in [4.78, 5) is 40.3. The van der Waals surface area contributed by atoms with Gasteiger partial charge in [0.15, 0.2) is 0 Å². The van der Waals surface area contributed by atoms with E-state index < -0.39 is 0 Å². The number of nitrogens with one attached hydrogen (secondary N) is 2. The highest BCUT2D eigenvalue weighted by molar-refractivity contribution is 6.34. The van der Waals surface area contributed by atoms with Crippen molar-refractivity contribution in [2.45, 2.75) is 44.9 Å². The maximum Gasteiger partial charge on any atom is 0.257 e. The number of rotatable bonds is 6. The Morgan fingerprint density at radius 2 is 1.74 bits per heavy atom. The zero-order chi connectivity index (χ0) is 23.9. The third-order valence-corrected chi connectivity index (χ3v) is 7.18. The van der Waals surface area contributed by atoms with Crippen molar-refractivity contribution in [1.82, 2.24) is 10.2 Å². The van der Waals surface area contributed by atoms with E-state index in [1.165, 1.54) is 32.1 Å². The summed E-state index contributed by atoms with van der Waals surface area (Å²) in [5, 5.41) is 6.32. The summed E-state index contributed by atoms with van der Waals surface area (Å²) < 4.78 is 0. The number of likely N-dealkylation sites (tertiary alicyclic amines) is 1. The minimum Gasteiger partial charge on any atom is -0.356 e. The van der Waals surface area contributed by atoms with Gasteiger partial charge in [-0.15, -0.1) is 0 Å². The average Bonchev–Trinajstić information content (AvgIpc) is 2.88. The quantitative estimate of drug-likeness (QED) is 0.599. The molecule has 2 aromatic rings. The molecule has 3 amide bonds. The number of anilines is 1. The Labute approximate surface area is 206 Å². The number of halogens is 1. The second-order valence-electron chi connectivity index (χ2n) is 9.35. The molecule has 1 saturated carbocycles. The Bertz CT molecular complexity index is 1040. The fraction of sp³-hybridized carbons (Fsp3) is 0.444. The van der Waals surface area contributed by atoms with E-state index in [0.717, 1.165) is 19.4 Å². The second kappa shape index (κ2) is 11.5. The van der Waals surface area contributed by atoms with Gasteiger partial charge >= 0.3 is 0 Å². The number of carbonyl (C=O) groups excluding carboxylic acids is 3. The molecule has 0 radical (unpaired) electrons. The van der Waals surface area contributed by atoms with Crippen LogP contribution in [0.3, 0.4) is 0 Å². The first kappa shape index (κ1) is 24.3. The largest absolute Gasteiger partial charge is 0.356 e. The molecule has 0 bridgehead atoms. The normalized spacial score (nSPS) is 18.9. The summed E-state index contributed by atoms with van der Waals surface area (Å²) in [7, 11) is 0. The Balaban J connectivity index is 1.35. The molecule has 1 heterocycles. The van der Waals surface area contributed by atoms with Gasteiger partial charge in [0.25, 0.3) is 11.8 Å². The number of piperidine rings is 1. The molecule has 2 N–H and O–H groups in total. The molecule has 2 fully saturated rings. The van der Waals surface area contributed by atoms with E-state index in [9.17, 15) is 14.4 Å². The number of nitrogens with zero attached hydrogens (tertiary/aromatic N) is 1. The van der Waals surface area contributed by atoms with Gasteiger partial charge in [-0.2, -0.15) is 0 Å². The smallest absolute Gasteiger partial charge is 0.257 e. The zero-order valence-electron chi connectivity index (χ0n) is 19.4. The van der Waals surface area contributed by atoms with Crippen LogP contribution in [0.2, 0.25) is 5.02 Å². The highest BCUT2D eigenvalue weighted by Crippen LogP contribution is 2.24. The minimum atomic E-state index is -0.331. The summed E-state index contributed by atoms with van der Waals surface area (Å²) in [6.45, 7) is 1.80. The molecule has 180 valence electrons. The fourth-order valence-electron chi connectivity index (χ4n) is 4.91. The van der Waals surface area contributed by atoms with E-state index in [1.807, 2.05) is 0 Å². The molecule has 2 aliphatic rings. The van der Waals surface area contributed by atoms with E-state index in [-0.39, 0.29) is 23.6 Å². The number of hydrogen-bond donors (Lipinski definition) is 2. The van der Waals surface area contributed by atoms with E-state index in [2.05, 4.69) is 10.6 Å². The second-order valence-corrected chi connectivity index (χ2v) is 9.76. The van der Waals surface area contributed by atoms with Gasteiger partial charge in [-0.1, -0.05) is 49.1 Å². The molecule has 1 aliphatic heterocycles. The van der Waals surface area contributed by atoms with Crippen molar-refractivity contribution in [3.63, 3.8) is 0 Å². The van der Waals surface area contributed by atoms with Gasteiger partial charge in [0, 0.05) is 30.9 Å². The van der Waals surface area contributed by atoms with Crippen LogP contribution in [0.4, 0.5) is 5.69 Å². The SMILES string of the molecule is O=C(Nc1cccc(C(=O)N2CCC[C@H](C(=O)NCC3CCCCC3)C2)c1)c1ccccc1Cl. The Morgan fingerprint density at radius 1 is 0.941 bits per heavy atom. The van der Waals surface area contributed by atoms with Gasteiger partial charge in [0.2, 0.25) is 5.91 Å².